The van der Waals surface area contributed by atoms with E-state index in [0.29, 0.717) is 6.54 Å². The van der Waals surface area contributed by atoms with Crippen molar-refractivity contribution in [2.24, 2.45) is 5.41 Å². The van der Waals surface area contributed by atoms with Gasteiger partial charge in [0.25, 0.3) is 0 Å². The van der Waals surface area contributed by atoms with E-state index in [4.69, 9.17) is 5.11 Å². The lowest BCUT2D eigenvalue weighted by molar-refractivity contribution is -0.147. The van der Waals surface area contributed by atoms with Crippen LogP contribution in [-0.2, 0) is 17.8 Å². The van der Waals surface area contributed by atoms with Crippen molar-refractivity contribution >= 4 is 5.97 Å². The first kappa shape index (κ1) is 15.7. The Balaban J connectivity index is 2.57. The Morgan fingerprint density at radius 1 is 1.21 bits per heavy atom. The molecule has 0 heterocycles. The van der Waals surface area contributed by atoms with Crippen molar-refractivity contribution < 1.29 is 9.90 Å². The molecule has 0 bridgehead atoms. The van der Waals surface area contributed by atoms with E-state index >= 15 is 0 Å². The molecule has 19 heavy (non-hydrogen) atoms. The second-order valence-corrected chi connectivity index (χ2v) is 5.93. The van der Waals surface area contributed by atoms with E-state index in [1.165, 1.54) is 11.1 Å². The molecule has 0 saturated carbocycles. The number of hydrogen-bond donors (Lipinski definition) is 1. The van der Waals surface area contributed by atoms with Gasteiger partial charge in [-0.1, -0.05) is 37.6 Å². The molecular weight excluding hydrogens is 238 g/mol. The van der Waals surface area contributed by atoms with Crippen LogP contribution >= 0.6 is 0 Å². The minimum absolute atomic E-state index is 0.541. The first-order valence-corrected chi connectivity index (χ1v) is 6.85. The Bertz CT molecular complexity index is 409. The maximum absolute atomic E-state index is 11.1. The molecule has 0 aromatic heterocycles. The van der Waals surface area contributed by atoms with Crippen LogP contribution in [0.5, 0.6) is 0 Å². The Hall–Kier alpha value is -1.35. The normalized spacial score (nSPS) is 11.8. The molecule has 0 aliphatic heterocycles. The molecule has 0 unspecified atom stereocenters. The third kappa shape index (κ3) is 5.03. The molecule has 1 N–H and O–H groups in total. The Labute approximate surface area is 116 Å². The summed E-state index contributed by atoms with van der Waals surface area (Å²) in [6.07, 6.45) is 2.27. The highest BCUT2D eigenvalue weighted by atomic mass is 16.4. The predicted octanol–water partition coefficient (Wildman–Crippen LogP) is 3.18. The van der Waals surface area contributed by atoms with Gasteiger partial charge in [0, 0.05) is 13.1 Å². The van der Waals surface area contributed by atoms with Crippen LogP contribution in [0.4, 0.5) is 0 Å². The molecule has 1 aromatic rings. The topological polar surface area (TPSA) is 40.5 Å². The van der Waals surface area contributed by atoms with Crippen LogP contribution < -0.4 is 0 Å². The summed E-state index contributed by atoms with van der Waals surface area (Å²) in [5, 5.41) is 9.13. The lowest BCUT2D eigenvalue weighted by Gasteiger charge is -2.26. The quantitative estimate of drug-likeness (QED) is 0.821. The zero-order valence-corrected chi connectivity index (χ0v) is 12.4. The summed E-state index contributed by atoms with van der Waals surface area (Å²) in [5.41, 5.74) is 1.87. The molecule has 0 radical (unpaired) electrons. The standard InChI is InChI=1S/C16H25NO2/c1-5-6-13-7-9-14(10-8-13)11-17(4)12-16(2,3)15(18)19/h7-10H,5-6,11-12H2,1-4H3,(H,18,19). The molecule has 0 fully saturated rings. The zero-order chi connectivity index (χ0) is 14.5. The van der Waals surface area contributed by atoms with Crippen molar-refractivity contribution in [2.75, 3.05) is 13.6 Å². The van der Waals surface area contributed by atoms with Crippen LogP contribution in [0.2, 0.25) is 0 Å². The highest BCUT2D eigenvalue weighted by molar-refractivity contribution is 5.73. The molecule has 106 valence electrons. The molecule has 0 saturated heterocycles. The van der Waals surface area contributed by atoms with Crippen LogP contribution in [0.3, 0.4) is 0 Å². The van der Waals surface area contributed by atoms with Crippen LogP contribution in [0.15, 0.2) is 24.3 Å². The first-order chi connectivity index (χ1) is 8.85. The first-order valence-electron chi connectivity index (χ1n) is 6.85. The predicted molar refractivity (Wildman–Crippen MR) is 78.2 cm³/mol. The number of benzene rings is 1. The van der Waals surface area contributed by atoms with Gasteiger partial charge in [0.05, 0.1) is 5.41 Å². The second-order valence-electron chi connectivity index (χ2n) is 5.93. The van der Waals surface area contributed by atoms with Gasteiger partial charge in [-0.05, 0) is 38.4 Å². The summed E-state index contributed by atoms with van der Waals surface area (Å²) in [4.78, 5) is 13.2. The smallest absolute Gasteiger partial charge is 0.310 e. The van der Waals surface area contributed by atoms with E-state index in [-0.39, 0.29) is 0 Å². The van der Waals surface area contributed by atoms with Crippen molar-refractivity contribution in [1.29, 1.82) is 0 Å². The fraction of sp³-hybridized carbons (Fsp3) is 0.562. The number of carbonyl (C=O) groups is 1. The lowest BCUT2D eigenvalue weighted by Crippen LogP contribution is -2.36. The van der Waals surface area contributed by atoms with E-state index in [9.17, 15) is 4.79 Å². The molecule has 0 aliphatic carbocycles. The SMILES string of the molecule is CCCc1ccc(CN(C)CC(C)(C)C(=O)O)cc1. The van der Waals surface area contributed by atoms with Crippen molar-refractivity contribution in [3.05, 3.63) is 35.4 Å². The molecule has 0 aliphatic rings. The number of carboxylic acids is 1. The summed E-state index contributed by atoms with van der Waals surface area (Å²) >= 11 is 0. The molecule has 3 nitrogen and oxygen atoms in total. The number of hydrogen-bond acceptors (Lipinski definition) is 2. The minimum Gasteiger partial charge on any atom is -0.481 e. The average molecular weight is 263 g/mol. The van der Waals surface area contributed by atoms with Gasteiger partial charge >= 0.3 is 5.97 Å². The van der Waals surface area contributed by atoms with E-state index in [1.807, 2.05) is 7.05 Å². The van der Waals surface area contributed by atoms with Crippen LogP contribution in [0.25, 0.3) is 0 Å². The summed E-state index contributed by atoms with van der Waals surface area (Å²) in [5.74, 6) is -0.752. The maximum atomic E-state index is 11.1. The van der Waals surface area contributed by atoms with Gasteiger partial charge in [-0.15, -0.1) is 0 Å². The number of aryl methyl sites for hydroxylation is 1. The molecule has 1 rings (SSSR count). The average Bonchev–Trinajstić information content (AvgIpc) is 2.31. The number of carboxylic acid groups (broad SMARTS) is 1. The van der Waals surface area contributed by atoms with Gasteiger partial charge in [0.2, 0.25) is 0 Å². The Morgan fingerprint density at radius 2 is 1.74 bits per heavy atom. The minimum atomic E-state index is -0.752. The molecule has 0 spiro atoms. The van der Waals surface area contributed by atoms with E-state index in [1.54, 1.807) is 13.8 Å². The number of nitrogens with zero attached hydrogens (tertiary/aromatic N) is 1. The third-order valence-corrected chi connectivity index (χ3v) is 3.26. The Morgan fingerprint density at radius 3 is 2.21 bits per heavy atom. The van der Waals surface area contributed by atoms with E-state index in [0.717, 1.165) is 19.4 Å². The molecule has 0 amide bonds. The largest absolute Gasteiger partial charge is 0.481 e. The second kappa shape index (κ2) is 6.71. The van der Waals surface area contributed by atoms with Gasteiger partial charge in [0.15, 0.2) is 0 Å². The van der Waals surface area contributed by atoms with Crippen molar-refractivity contribution in [3.63, 3.8) is 0 Å². The number of rotatable bonds is 7. The van der Waals surface area contributed by atoms with E-state index in [2.05, 4.69) is 36.1 Å². The van der Waals surface area contributed by atoms with E-state index < -0.39 is 11.4 Å². The summed E-state index contributed by atoms with van der Waals surface area (Å²) in [6, 6.07) is 8.59. The monoisotopic (exact) mass is 263 g/mol. The van der Waals surface area contributed by atoms with Crippen molar-refractivity contribution in [3.8, 4) is 0 Å². The fourth-order valence-electron chi connectivity index (χ4n) is 2.21. The highest BCUT2D eigenvalue weighted by Crippen LogP contribution is 2.18. The molecule has 3 heteroatoms. The van der Waals surface area contributed by atoms with Gasteiger partial charge in [0.1, 0.15) is 0 Å². The van der Waals surface area contributed by atoms with Gasteiger partial charge in [-0.25, -0.2) is 0 Å². The summed E-state index contributed by atoms with van der Waals surface area (Å²) in [7, 11) is 1.96. The fourth-order valence-corrected chi connectivity index (χ4v) is 2.21. The van der Waals surface area contributed by atoms with Gasteiger partial charge < -0.3 is 10.0 Å². The van der Waals surface area contributed by atoms with Gasteiger partial charge in [-0.2, -0.15) is 0 Å². The van der Waals surface area contributed by atoms with Gasteiger partial charge in [-0.3, -0.25) is 4.79 Å². The molecule has 0 atom stereocenters. The Kier molecular flexibility index (Phi) is 5.55. The lowest BCUT2D eigenvalue weighted by atomic mass is 9.93. The maximum Gasteiger partial charge on any atom is 0.310 e. The van der Waals surface area contributed by atoms with Crippen LogP contribution in [-0.4, -0.2) is 29.6 Å². The summed E-state index contributed by atoms with van der Waals surface area (Å²) < 4.78 is 0. The van der Waals surface area contributed by atoms with Crippen molar-refractivity contribution in [1.82, 2.24) is 4.90 Å². The zero-order valence-electron chi connectivity index (χ0n) is 12.4. The van der Waals surface area contributed by atoms with Crippen molar-refractivity contribution in [2.45, 2.75) is 40.2 Å². The van der Waals surface area contributed by atoms with Crippen LogP contribution in [0.1, 0.15) is 38.3 Å². The highest BCUT2D eigenvalue weighted by Gasteiger charge is 2.28. The molecule has 1 aromatic carbocycles. The molecular formula is C16H25NO2. The third-order valence-electron chi connectivity index (χ3n) is 3.26. The van der Waals surface area contributed by atoms with Crippen LogP contribution in [0, 0.1) is 5.41 Å². The number of aliphatic carboxylic acids is 1. The summed E-state index contributed by atoms with van der Waals surface area (Å²) in [6.45, 7) is 7.02.